The van der Waals surface area contributed by atoms with Crippen molar-refractivity contribution >= 4 is 22.8 Å². The molecule has 0 spiro atoms. The molecule has 1 heterocycles. The number of hydrogen-bond donors (Lipinski definition) is 3. The molecule has 3 rings (SSSR count). The third kappa shape index (κ3) is 2.89. The van der Waals surface area contributed by atoms with Gasteiger partial charge in [-0.2, -0.15) is 5.10 Å². The van der Waals surface area contributed by atoms with Crippen LogP contribution in [0.4, 0.5) is 4.39 Å². The smallest absolute Gasteiger partial charge is 0.330 e. The van der Waals surface area contributed by atoms with E-state index in [-0.39, 0.29) is 5.69 Å². The lowest BCUT2D eigenvalue weighted by Gasteiger charge is -2.14. The summed E-state index contributed by atoms with van der Waals surface area (Å²) >= 11 is 0. The van der Waals surface area contributed by atoms with E-state index in [1.54, 1.807) is 30.3 Å². The highest BCUT2D eigenvalue weighted by atomic mass is 19.1. The predicted octanol–water partition coefficient (Wildman–Crippen LogP) is 2.26. The van der Waals surface area contributed by atoms with Gasteiger partial charge < -0.3 is 10.4 Å². The molecule has 1 aromatic heterocycles. The van der Waals surface area contributed by atoms with E-state index in [1.807, 2.05) is 0 Å². The Morgan fingerprint density at radius 3 is 2.61 bits per heavy atom. The summed E-state index contributed by atoms with van der Waals surface area (Å²) in [5, 5.41) is 18.5. The number of carboxylic acid groups (broad SMARTS) is 1. The Labute approximate surface area is 129 Å². The number of nitrogens with one attached hydrogen (secondary N) is 2. The van der Waals surface area contributed by atoms with Crippen LogP contribution in [0.2, 0.25) is 0 Å². The Morgan fingerprint density at radius 1 is 1.17 bits per heavy atom. The molecule has 6 nitrogen and oxygen atoms in total. The minimum Gasteiger partial charge on any atom is -0.479 e. The van der Waals surface area contributed by atoms with Crippen molar-refractivity contribution in [2.75, 3.05) is 0 Å². The summed E-state index contributed by atoms with van der Waals surface area (Å²) in [7, 11) is 0. The number of amides is 1. The molecule has 0 aliphatic carbocycles. The van der Waals surface area contributed by atoms with Gasteiger partial charge in [-0.1, -0.05) is 30.3 Å². The maximum Gasteiger partial charge on any atom is 0.330 e. The van der Waals surface area contributed by atoms with Crippen LogP contribution < -0.4 is 5.32 Å². The summed E-state index contributed by atoms with van der Waals surface area (Å²) in [6, 6.07) is 11.0. The van der Waals surface area contributed by atoms with Crippen molar-refractivity contribution in [2.24, 2.45) is 0 Å². The zero-order chi connectivity index (χ0) is 16.4. The highest BCUT2D eigenvalue weighted by molar-refractivity contribution is 6.05. The fourth-order valence-corrected chi connectivity index (χ4v) is 2.29. The molecule has 2 aromatic carbocycles. The standard InChI is InChI=1S/C16H12FN3O3/c17-10-6-7-12-11(8-10)14(20-19-12)15(21)18-13(16(22)23)9-4-2-1-3-5-9/h1-8,13H,(H,18,21)(H,19,20)(H,22,23)/t13-/m1/s1. The number of aromatic amines is 1. The Bertz CT molecular complexity index is 877. The molecule has 0 fully saturated rings. The molecule has 0 aliphatic rings. The molecule has 1 amide bonds. The molecular weight excluding hydrogens is 301 g/mol. The van der Waals surface area contributed by atoms with E-state index in [2.05, 4.69) is 15.5 Å². The molecule has 3 N–H and O–H groups in total. The van der Waals surface area contributed by atoms with Crippen molar-refractivity contribution in [3.05, 3.63) is 65.6 Å². The van der Waals surface area contributed by atoms with Crippen LogP contribution in [0.25, 0.3) is 10.9 Å². The van der Waals surface area contributed by atoms with Gasteiger partial charge in [0, 0.05) is 5.39 Å². The van der Waals surface area contributed by atoms with Crippen LogP contribution in [0.15, 0.2) is 48.5 Å². The first kappa shape index (κ1) is 14.7. The highest BCUT2D eigenvalue weighted by Gasteiger charge is 2.24. The lowest BCUT2D eigenvalue weighted by molar-refractivity contribution is -0.139. The first-order valence-electron chi connectivity index (χ1n) is 6.78. The summed E-state index contributed by atoms with van der Waals surface area (Å²) in [5.41, 5.74) is 0.865. The van der Waals surface area contributed by atoms with Gasteiger partial charge in [0.1, 0.15) is 5.82 Å². The van der Waals surface area contributed by atoms with E-state index in [0.29, 0.717) is 16.5 Å². The topological polar surface area (TPSA) is 95.1 Å². The number of carbonyl (C=O) groups excluding carboxylic acids is 1. The number of hydrogen-bond acceptors (Lipinski definition) is 3. The Hall–Kier alpha value is -3.22. The lowest BCUT2D eigenvalue weighted by Crippen LogP contribution is -2.34. The number of rotatable bonds is 4. The van der Waals surface area contributed by atoms with Crippen molar-refractivity contribution in [1.29, 1.82) is 0 Å². The molecular formula is C16H12FN3O3. The van der Waals surface area contributed by atoms with Crippen LogP contribution in [0, 0.1) is 5.82 Å². The second-order valence-corrected chi connectivity index (χ2v) is 4.92. The highest BCUT2D eigenvalue weighted by Crippen LogP contribution is 2.19. The SMILES string of the molecule is O=C(N[C@@H](C(=O)O)c1ccccc1)c1n[nH]c2ccc(F)cc12. The molecule has 0 bridgehead atoms. The number of carbonyl (C=O) groups is 2. The first-order chi connectivity index (χ1) is 11.1. The minimum atomic E-state index is -1.22. The average molecular weight is 313 g/mol. The molecule has 0 aliphatic heterocycles. The average Bonchev–Trinajstić information content (AvgIpc) is 2.96. The number of aromatic nitrogens is 2. The fraction of sp³-hybridized carbons (Fsp3) is 0.0625. The molecule has 0 radical (unpaired) electrons. The number of nitrogens with zero attached hydrogens (tertiary/aromatic N) is 1. The summed E-state index contributed by atoms with van der Waals surface area (Å²) < 4.78 is 13.3. The summed E-state index contributed by atoms with van der Waals surface area (Å²) in [4.78, 5) is 23.8. The Morgan fingerprint density at radius 2 is 1.91 bits per heavy atom. The van der Waals surface area contributed by atoms with Crippen molar-refractivity contribution < 1.29 is 19.1 Å². The van der Waals surface area contributed by atoms with E-state index in [4.69, 9.17) is 0 Å². The molecule has 116 valence electrons. The van der Waals surface area contributed by atoms with Gasteiger partial charge in [-0.3, -0.25) is 9.89 Å². The molecule has 7 heteroatoms. The van der Waals surface area contributed by atoms with Crippen molar-refractivity contribution in [3.8, 4) is 0 Å². The number of halogens is 1. The number of aliphatic carboxylic acids is 1. The molecule has 0 saturated heterocycles. The van der Waals surface area contributed by atoms with Crippen molar-refractivity contribution in [2.45, 2.75) is 6.04 Å². The van der Waals surface area contributed by atoms with E-state index in [0.717, 1.165) is 0 Å². The normalized spacial score (nSPS) is 12.0. The minimum absolute atomic E-state index is 0.0540. The molecule has 1 atom stereocenters. The maximum atomic E-state index is 13.3. The second-order valence-electron chi connectivity index (χ2n) is 4.92. The van der Waals surface area contributed by atoms with Crippen molar-refractivity contribution in [3.63, 3.8) is 0 Å². The molecule has 23 heavy (non-hydrogen) atoms. The first-order valence-corrected chi connectivity index (χ1v) is 6.78. The van der Waals surface area contributed by atoms with Crippen LogP contribution >= 0.6 is 0 Å². The van der Waals surface area contributed by atoms with Gasteiger partial charge in [0.15, 0.2) is 11.7 Å². The van der Waals surface area contributed by atoms with Crippen molar-refractivity contribution in [1.82, 2.24) is 15.5 Å². The van der Waals surface area contributed by atoms with Crippen LogP contribution in [0.1, 0.15) is 22.1 Å². The van der Waals surface area contributed by atoms with Gasteiger partial charge in [0.25, 0.3) is 5.91 Å². The van der Waals surface area contributed by atoms with Crippen LogP contribution in [0.3, 0.4) is 0 Å². The summed E-state index contributed by atoms with van der Waals surface area (Å²) in [6.45, 7) is 0. The third-order valence-corrected chi connectivity index (χ3v) is 3.40. The fourth-order valence-electron chi connectivity index (χ4n) is 2.29. The zero-order valence-corrected chi connectivity index (χ0v) is 11.8. The zero-order valence-electron chi connectivity index (χ0n) is 11.8. The van der Waals surface area contributed by atoms with Gasteiger partial charge in [-0.25, -0.2) is 9.18 Å². The van der Waals surface area contributed by atoms with Crippen LogP contribution in [-0.2, 0) is 4.79 Å². The quantitative estimate of drug-likeness (QED) is 0.688. The van der Waals surface area contributed by atoms with Gasteiger partial charge >= 0.3 is 5.97 Å². The number of fused-ring (bicyclic) bond motifs is 1. The number of H-pyrrole nitrogens is 1. The largest absolute Gasteiger partial charge is 0.479 e. The Kier molecular flexibility index (Phi) is 3.76. The second kappa shape index (κ2) is 5.88. The Balaban J connectivity index is 1.92. The van der Waals surface area contributed by atoms with Gasteiger partial charge in [0.2, 0.25) is 0 Å². The number of benzene rings is 2. The van der Waals surface area contributed by atoms with E-state index in [1.165, 1.54) is 18.2 Å². The van der Waals surface area contributed by atoms with Gasteiger partial charge in [0.05, 0.1) is 5.52 Å². The van der Waals surface area contributed by atoms with E-state index >= 15 is 0 Å². The monoisotopic (exact) mass is 313 g/mol. The molecule has 3 aromatic rings. The van der Waals surface area contributed by atoms with E-state index < -0.39 is 23.7 Å². The third-order valence-electron chi connectivity index (χ3n) is 3.40. The summed E-state index contributed by atoms with van der Waals surface area (Å²) in [5.74, 6) is -2.40. The molecule has 0 unspecified atom stereocenters. The predicted molar refractivity (Wildman–Crippen MR) is 80.3 cm³/mol. The summed E-state index contributed by atoms with van der Waals surface area (Å²) in [6.07, 6.45) is 0. The molecule has 0 saturated carbocycles. The van der Waals surface area contributed by atoms with Crippen LogP contribution in [-0.4, -0.2) is 27.2 Å². The number of carboxylic acids is 1. The van der Waals surface area contributed by atoms with E-state index in [9.17, 15) is 19.1 Å². The van der Waals surface area contributed by atoms with Crippen LogP contribution in [0.5, 0.6) is 0 Å². The maximum absolute atomic E-state index is 13.3. The van der Waals surface area contributed by atoms with Gasteiger partial charge in [-0.15, -0.1) is 0 Å². The van der Waals surface area contributed by atoms with Gasteiger partial charge in [-0.05, 0) is 23.8 Å². The lowest BCUT2D eigenvalue weighted by atomic mass is 10.1.